The number of carbonyl (C=O) groups excluding carboxylic acids is 1. The summed E-state index contributed by atoms with van der Waals surface area (Å²) in [7, 11) is 0. The van der Waals surface area contributed by atoms with Crippen molar-refractivity contribution in [3.63, 3.8) is 0 Å². The van der Waals surface area contributed by atoms with Crippen molar-refractivity contribution in [2.24, 2.45) is 0 Å². The van der Waals surface area contributed by atoms with Crippen LogP contribution in [0.15, 0.2) is 15.5 Å². The van der Waals surface area contributed by atoms with Gasteiger partial charge in [0.2, 0.25) is 5.71 Å². The highest BCUT2D eigenvalue weighted by atomic mass is 16.3. The van der Waals surface area contributed by atoms with Crippen LogP contribution in [-0.4, -0.2) is 56.6 Å². The van der Waals surface area contributed by atoms with Gasteiger partial charge in [0, 0.05) is 0 Å². The summed E-state index contributed by atoms with van der Waals surface area (Å²) in [6.07, 6.45) is 1.15. The summed E-state index contributed by atoms with van der Waals surface area (Å²) >= 11 is 0. The Bertz CT molecular complexity index is 707. The molecule has 2 heterocycles. The molecule has 0 spiro atoms. The van der Waals surface area contributed by atoms with Crippen molar-refractivity contribution >= 4 is 17.0 Å². The molecular formula is C12H15N3O6. The molecule has 0 aliphatic rings. The smallest absolute Gasteiger partial charge is 0.262 e. The molecule has 0 saturated carbocycles. The van der Waals surface area contributed by atoms with Gasteiger partial charge in [-0.05, 0) is 6.92 Å². The van der Waals surface area contributed by atoms with Crippen LogP contribution in [0.25, 0.3) is 11.1 Å². The fraction of sp³-hybridized carbons (Fsp3) is 0.417. The molecule has 2 aromatic heterocycles. The molecule has 0 saturated heterocycles. The number of fused-ring (bicyclic) bond motifs is 1. The number of amides is 1. The number of aromatic amines is 1. The number of aliphatic hydroxyl groups excluding tert-OH is 3. The van der Waals surface area contributed by atoms with Gasteiger partial charge in [-0.1, -0.05) is 0 Å². The number of furan rings is 1. The van der Waals surface area contributed by atoms with E-state index < -0.39 is 36.8 Å². The fourth-order valence-electron chi connectivity index (χ4n) is 1.90. The summed E-state index contributed by atoms with van der Waals surface area (Å²) in [5.41, 5.74) is -2.20. The highest BCUT2D eigenvalue weighted by molar-refractivity contribution is 6.06. The largest absolute Gasteiger partial charge is 0.442 e. The Balaban J connectivity index is 2.49. The Hall–Kier alpha value is -2.23. The second kappa shape index (κ2) is 5.64. The maximum atomic E-state index is 12.3. The molecule has 0 unspecified atom stereocenters. The first-order valence-electron chi connectivity index (χ1n) is 6.10. The number of aliphatic hydroxyl groups is 3. The minimum absolute atomic E-state index is 0.00370. The van der Waals surface area contributed by atoms with E-state index in [1.54, 1.807) is 0 Å². The predicted molar refractivity (Wildman–Crippen MR) is 70.8 cm³/mol. The molecule has 0 radical (unpaired) electrons. The Morgan fingerprint density at radius 3 is 2.57 bits per heavy atom. The van der Waals surface area contributed by atoms with Crippen LogP contribution in [0.1, 0.15) is 16.1 Å². The molecule has 114 valence electrons. The van der Waals surface area contributed by atoms with Crippen molar-refractivity contribution in [1.29, 1.82) is 0 Å². The van der Waals surface area contributed by atoms with Crippen LogP contribution in [0.2, 0.25) is 0 Å². The lowest BCUT2D eigenvalue weighted by atomic mass is 10.0. The zero-order valence-electron chi connectivity index (χ0n) is 11.2. The average Bonchev–Trinajstić information content (AvgIpc) is 2.82. The third kappa shape index (κ3) is 2.53. The van der Waals surface area contributed by atoms with E-state index in [1.165, 1.54) is 6.92 Å². The van der Waals surface area contributed by atoms with E-state index in [0.717, 1.165) is 6.33 Å². The molecule has 9 nitrogen and oxygen atoms in total. The number of rotatable bonds is 5. The summed E-state index contributed by atoms with van der Waals surface area (Å²) in [5.74, 6) is -0.601. The van der Waals surface area contributed by atoms with Gasteiger partial charge in [0.05, 0.1) is 31.7 Å². The monoisotopic (exact) mass is 297 g/mol. The molecule has 0 fully saturated rings. The van der Waals surface area contributed by atoms with E-state index in [1.807, 2.05) is 0 Å². The molecule has 1 amide bonds. The summed E-state index contributed by atoms with van der Waals surface area (Å²) < 4.78 is 5.24. The Morgan fingerprint density at radius 1 is 1.38 bits per heavy atom. The quantitative estimate of drug-likeness (QED) is 0.440. The van der Waals surface area contributed by atoms with Gasteiger partial charge in [-0.15, -0.1) is 0 Å². The van der Waals surface area contributed by atoms with Crippen LogP contribution in [0.5, 0.6) is 0 Å². The summed E-state index contributed by atoms with van der Waals surface area (Å²) in [6, 6.07) is 0. The Kier molecular flexibility index (Phi) is 4.07. The van der Waals surface area contributed by atoms with Crippen LogP contribution < -0.4 is 10.9 Å². The molecule has 0 aliphatic carbocycles. The zero-order chi connectivity index (χ0) is 15.6. The van der Waals surface area contributed by atoms with Gasteiger partial charge in [0.1, 0.15) is 16.7 Å². The predicted octanol–water partition coefficient (Wildman–Crippen LogP) is -1.73. The summed E-state index contributed by atoms with van der Waals surface area (Å²) in [6.45, 7) is -0.534. The van der Waals surface area contributed by atoms with Crippen molar-refractivity contribution in [3.8, 4) is 0 Å². The number of hydrogen-bond acceptors (Lipinski definition) is 7. The van der Waals surface area contributed by atoms with Gasteiger partial charge in [0.25, 0.3) is 11.5 Å². The standard InChI is InChI=1S/C12H15N3O6/c1-6-7(8-9(19)13-5-14-11(8)21-6)10(20)15-12(2-16,3-17)4-18/h5,16-18H,2-4H2,1H3,(H,15,20)(H,13,14,19). The maximum absolute atomic E-state index is 12.3. The van der Waals surface area contributed by atoms with Crippen LogP contribution in [0.3, 0.4) is 0 Å². The molecule has 0 aliphatic heterocycles. The first-order chi connectivity index (χ1) is 9.98. The van der Waals surface area contributed by atoms with E-state index >= 15 is 0 Å². The van der Waals surface area contributed by atoms with Crippen molar-refractivity contribution in [1.82, 2.24) is 15.3 Å². The number of carbonyl (C=O) groups is 1. The van der Waals surface area contributed by atoms with Crippen LogP contribution in [0.4, 0.5) is 0 Å². The third-order valence-corrected chi connectivity index (χ3v) is 3.18. The number of nitrogens with one attached hydrogen (secondary N) is 2. The van der Waals surface area contributed by atoms with Gasteiger partial charge in [-0.25, -0.2) is 4.98 Å². The molecule has 2 aromatic rings. The molecule has 5 N–H and O–H groups in total. The lowest BCUT2D eigenvalue weighted by molar-refractivity contribution is 0.0375. The van der Waals surface area contributed by atoms with Crippen molar-refractivity contribution in [2.75, 3.05) is 19.8 Å². The van der Waals surface area contributed by atoms with E-state index in [2.05, 4.69) is 15.3 Å². The van der Waals surface area contributed by atoms with Crippen LogP contribution in [-0.2, 0) is 0 Å². The third-order valence-electron chi connectivity index (χ3n) is 3.18. The minimum atomic E-state index is -1.60. The van der Waals surface area contributed by atoms with Gasteiger partial charge in [0.15, 0.2) is 0 Å². The second-order valence-corrected chi connectivity index (χ2v) is 4.65. The fourth-order valence-corrected chi connectivity index (χ4v) is 1.90. The van der Waals surface area contributed by atoms with Crippen molar-refractivity contribution in [3.05, 3.63) is 28.0 Å². The normalized spacial score (nSPS) is 11.8. The van der Waals surface area contributed by atoms with Gasteiger partial charge in [-0.3, -0.25) is 9.59 Å². The number of hydrogen-bond donors (Lipinski definition) is 5. The molecule has 9 heteroatoms. The van der Waals surface area contributed by atoms with Crippen LogP contribution >= 0.6 is 0 Å². The first-order valence-corrected chi connectivity index (χ1v) is 6.10. The maximum Gasteiger partial charge on any atom is 0.262 e. The highest BCUT2D eigenvalue weighted by Crippen LogP contribution is 2.21. The Morgan fingerprint density at radius 2 is 2.00 bits per heavy atom. The lowest BCUT2D eigenvalue weighted by Gasteiger charge is -2.28. The van der Waals surface area contributed by atoms with E-state index in [-0.39, 0.29) is 22.4 Å². The summed E-state index contributed by atoms with van der Waals surface area (Å²) in [5, 5.41) is 29.9. The molecule has 2 rings (SSSR count). The summed E-state index contributed by atoms with van der Waals surface area (Å²) in [4.78, 5) is 30.3. The minimum Gasteiger partial charge on any atom is -0.442 e. The van der Waals surface area contributed by atoms with E-state index in [4.69, 9.17) is 4.42 Å². The highest BCUT2D eigenvalue weighted by Gasteiger charge is 2.32. The van der Waals surface area contributed by atoms with E-state index in [9.17, 15) is 24.9 Å². The molecule has 0 atom stereocenters. The molecule has 21 heavy (non-hydrogen) atoms. The number of nitrogens with zero attached hydrogens (tertiary/aromatic N) is 1. The SMILES string of the molecule is Cc1oc2nc[nH]c(=O)c2c1C(=O)NC(CO)(CO)CO. The molecule has 0 aromatic carbocycles. The number of H-pyrrole nitrogens is 1. The number of aryl methyl sites for hydroxylation is 1. The Labute approximate surface area is 118 Å². The lowest BCUT2D eigenvalue weighted by Crippen LogP contribution is -2.57. The van der Waals surface area contributed by atoms with Crippen LogP contribution in [0, 0.1) is 6.92 Å². The van der Waals surface area contributed by atoms with E-state index in [0.29, 0.717) is 0 Å². The zero-order valence-corrected chi connectivity index (χ0v) is 11.2. The molecule has 0 bridgehead atoms. The second-order valence-electron chi connectivity index (χ2n) is 4.65. The molecular weight excluding hydrogens is 282 g/mol. The topological polar surface area (TPSA) is 149 Å². The van der Waals surface area contributed by atoms with Gasteiger partial charge >= 0.3 is 0 Å². The first kappa shape index (κ1) is 15.2. The van der Waals surface area contributed by atoms with Crippen molar-refractivity contribution in [2.45, 2.75) is 12.5 Å². The van der Waals surface area contributed by atoms with Crippen molar-refractivity contribution < 1.29 is 24.5 Å². The van der Waals surface area contributed by atoms with Gasteiger partial charge in [-0.2, -0.15) is 0 Å². The van der Waals surface area contributed by atoms with Gasteiger partial charge < -0.3 is 30.0 Å². The number of aromatic nitrogens is 2. The average molecular weight is 297 g/mol.